The van der Waals surface area contributed by atoms with Crippen molar-refractivity contribution in [2.24, 2.45) is 0 Å². The highest BCUT2D eigenvalue weighted by Gasteiger charge is 2.09. The first-order valence-corrected chi connectivity index (χ1v) is 6.97. The molecule has 0 N–H and O–H groups in total. The monoisotopic (exact) mass is 356 g/mol. The highest BCUT2D eigenvalue weighted by molar-refractivity contribution is 9.11. The summed E-state index contributed by atoms with van der Waals surface area (Å²) in [5.41, 5.74) is 0. The summed E-state index contributed by atoms with van der Waals surface area (Å²) >= 11 is 16.2. The van der Waals surface area contributed by atoms with Gasteiger partial charge >= 0.3 is 0 Å². The molecule has 0 aromatic carbocycles. The smallest absolute Gasteiger partial charge is 0.0720 e. The molecule has 0 unspecified atom stereocenters. The van der Waals surface area contributed by atoms with E-state index in [1.165, 1.54) is 4.88 Å². The van der Waals surface area contributed by atoms with Crippen LogP contribution in [0.2, 0.25) is 5.02 Å². The lowest BCUT2D eigenvalue weighted by atomic mass is 10.4. The Kier molecular flexibility index (Phi) is 3.15. The minimum Gasteiger partial charge on any atom is -0.127 e. The van der Waals surface area contributed by atoms with Crippen LogP contribution in [-0.2, 0) is 0 Å². The lowest BCUT2D eigenvalue weighted by molar-refractivity contribution is 1.90. The van der Waals surface area contributed by atoms with E-state index in [4.69, 9.17) is 11.6 Å². The minimum absolute atomic E-state index is 0.811. The molecule has 0 saturated carbocycles. The first kappa shape index (κ1) is 10.2. The van der Waals surface area contributed by atoms with Gasteiger partial charge in [0.15, 0.2) is 0 Å². The molecule has 0 atom stereocenters. The van der Waals surface area contributed by atoms with Crippen molar-refractivity contribution >= 4 is 66.1 Å². The normalized spacial score (nSPS) is 10.7. The number of halogens is 3. The second kappa shape index (κ2) is 4.03. The van der Waals surface area contributed by atoms with Crippen molar-refractivity contribution in [1.82, 2.24) is 0 Å². The van der Waals surface area contributed by atoms with Gasteiger partial charge < -0.3 is 0 Å². The van der Waals surface area contributed by atoms with Gasteiger partial charge in [0.1, 0.15) is 0 Å². The average Bonchev–Trinajstić information content (AvgIpc) is 2.58. The van der Waals surface area contributed by atoms with Crippen LogP contribution in [0.3, 0.4) is 0 Å². The van der Waals surface area contributed by atoms with Crippen LogP contribution in [0.1, 0.15) is 0 Å². The standard InChI is InChI=1S/C8H3Br2ClS2/c9-6-2-1-5(12-6)8-4(11)3-7(10)13-8/h1-3H. The molecular weight excluding hydrogens is 355 g/mol. The van der Waals surface area contributed by atoms with Gasteiger partial charge in [0, 0.05) is 4.88 Å². The molecule has 0 radical (unpaired) electrons. The van der Waals surface area contributed by atoms with Crippen LogP contribution in [0.5, 0.6) is 0 Å². The van der Waals surface area contributed by atoms with Crippen molar-refractivity contribution < 1.29 is 0 Å². The van der Waals surface area contributed by atoms with E-state index in [0.29, 0.717) is 0 Å². The third-order valence-electron chi connectivity index (χ3n) is 1.45. The fraction of sp³-hybridized carbons (Fsp3) is 0. The second-order valence-electron chi connectivity index (χ2n) is 2.33. The first-order valence-electron chi connectivity index (χ1n) is 3.37. The summed E-state index contributed by atoms with van der Waals surface area (Å²) in [5, 5.41) is 0.811. The van der Waals surface area contributed by atoms with Crippen molar-refractivity contribution in [3.8, 4) is 9.75 Å². The van der Waals surface area contributed by atoms with Gasteiger partial charge in [-0.3, -0.25) is 0 Å². The Bertz CT molecular complexity index is 433. The Morgan fingerprint density at radius 2 is 1.85 bits per heavy atom. The Labute approximate surface area is 106 Å². The second-order valence-corrected chi connectivity index (χ2v) is 7.63. The third-order valence-corrected chi connectivity index (χ3v) is 5.31. The zero-order valence-corrected chi connectivity index (χ0v) is 11.7. The summed E-state index contributed by atoms with van der Waals surface area (Å²) in [7, 11) is 0. The molecule has 68 valence electrons. The molecule has 0 spiro atoms. The topological polar surface area (TPSA) is 0 Å². The fourth-order valence-corrected chi connectivity index (χ4v) is 4.53. The van der Waals surface area contributed by atoms with Gasteiger partial charge in [0.2, 0.25) is 0 Å². The van der Waals surface area contributed by atoms with Gasteiger partial charge in [0.05, 0.1) is 17.5 Å². The zero-order chi connectivity index (χ0) is 9.42. The third kappa shape index (κ3) is 2.18. The SMILES string of the molecule is Clc1cc(Br)sc1-c1ccc(Br)s1. The number of hydrogen-bond donors (Lipinski definition) is 0. The van der Waals surface area contributed by atoms with Crippen molar-refractivity contribution in [1.29, 1.82) is 0 Å². The quantitative estimate of drug-likeness (QED) is 0.617. The van der Waals surface area contributed by atoms with Gasteiger partial charge in [-0.2, -0.15) is 0 Å². The van der Waals surface area contributed by atoms with E-state index >= 15 is 0 Å². The van der Waals surface area contributed by atoms with Gasteiger partial charge in [-0.25, -0.2) is 0 Å². The van der Waals surface area contributed by atoms with Crippen LogP contribution in [0.25, 0.3) is 9.75 Å². The van der Waals surface area contributed by atoms with E-state index in [1.54, 1.807) is 22.7 Å². The highest BCUT2D eigenvalue weighted by Crippen LogP contribution is 2.42. The average molecular weight is 359 g/mol. The summed E-state index contributed by atoms with van der Waals surface area (Å²) < 4.78 is 2.19. The lowest BCUT2D eigenvalue weighted by Crippen LogP contribution is -1.60. The van der Waals surface area contributed by atoms with E-state index in [-0.39, 0.29) is 0 Å². The summed E-state index contributed by atoms with van der Waals surface area (Å²) in [6.07, 6.45) is 0. The van der Waals surface area contributed by atoms with Gasteiger partial charge in [-0.05, 0) is 50.1 Å². The molecule has 0 bridgehead atoms. The van der Waals surface area contributed by atoms with Crippen LogP contribution in [-0.4, -0.2) is 0 Å². The van der Waals surface area contributed by atoms with Crippen LogP contribution in [0.15, 0.2) is 25.8 Å². The van der Waals surface area contributed by atoms with E-state index in [1.807, 2.05) is 12.1 Å². The largest absolute Gasteiger partial charge is 0.127 e. The van der Waals surface area contributed by atoms with Crippen molar-refractivity contribution in [2.45, 2.75) is 0 Å². The van der Waals surface area contributed by atoms with Crippen molar-refractivity contribution in [3.63, 3.8) is 0 Å². The van der Waals surface area contributed by atoms with E-state index < -0.39 is 0 Å². The molecule has 0 amide bonds. The summed E-state index contributed by atoms with van der Waals surface area (Å²) in [6, 6.07) is 6.03. The summed E-state index contributed by atoms with van der Waals surface area (Å²) in [6.45, 7) is 0. The zero-order valence-electron chi connectivity index (χ0n) is 6.18. The molecule has 0 fully saturated rings. The number of thiophene rings is 2. The van der Waals surface area contributed by atoms with Gasteiger partial charge in [-0.15, -0.1) is 22.7 Å². The predicted octanol–water partition coefficient (Wildman–Crippen LogP) is 5.66. The molecule has 2 heterocycles. The summed E-state index contributed by atoms with van der Waals surface area (Å²) in [4.78, 5) is 2.33. The molecule has 0 aliphatic carbocycles. The van der Waals surface area contributed by atoms with Gasteiger partial charge in [-0.1, -0.05) is 11.6 Å². The van der Waals surface area contributed by atoms with Crippen LogP contribution < -0.4 is 0 Å². The predicted molar refractivity (Wildman–Crippen MR) is 68.0 cm³/mol. The Morgan fingerprint density at radius 3 is 2.31 bits per heavy atom. The van der Waals surface area contributed by atoms with E-state index in [2.05, 4.69) is 37.9 Å². The molecule has 2 aromatic heterocycles. The molecule has 0 saturated heterocycles. The van der Waals surface area contributed by atoms with Crippen molar-refractivity contribution in [2.75, 3.05) is 0 Å². The Hall–Kier alpha value is 0.650. The molecule has 5 heteroatoms. The molecule has 0 aliphatic heterocycles. The number of hydrogen-bond acceptors (Lipinski definition) is 2. The van der Waals surface area contributed by atoms with Gasteiger partial charge in [0.25, 0.3) is 0 Å². The van der Waals surface area contributed by atoms with E-state index in [9.17, 15) is 0 Å². The lowest BCUT2D eigenvalue weighted by Gasteiger charge is -1.90. The Balaban J connectivity index is 2.51. The molecular formula is C8H3Br2ClS2. The summed E-state index contributed by atoms with van der Waals surface area (Å²) in [5.74, 6) is 0. The van der Waals surface area contributed by atoms with E-state index in [0.717, 1.165) is 17.5 Å². The first-order chi connectivity index (χ1) is 6.16. The molecule has 2 rings (SSSR count). The molecule has 2 aromatic rings. The van der Waals surface area contributed by atoms with Crippen LogP contribution >= 0.6 is 66.1 Å². The van der Waals surface area contributed by atoms with Crippen LogP contribution in [0.4, 0.5) is 0 Å². The van der Waals surface area contributed by atoms with Crippen molar-refractivity contribution in [3.05, 3.63) is 30.8 Å². The molecule has 0 aliphatic rings. The fourth-order valence-electron chi connectivity index (χ4n) is 0.945. The number of rotatable bonds is 1. The maximum Gasteiger partial charge on any atom is 0.0720 e. The minimum atomic E-state index is 0.811. The Morgan fingerprint density at radius 1 is 1.08 bits per heavy atom. The maximum absolute atomic E-state index is 6.06. The molecule has 13 heavy (non-hydrogen) atoms. The maximum atomic E-state index is 6.06. The highest BCUT2D eigenvalue weighted by atomic mass is 79.9. The van der Waals surface area contributed by atoms with Crippen LogP contribution in [0, 0.1) is 0 Å². The molecule has 0 nitrogen and oxygen atoms in total.